The maximum Gasteiger partial charge on any atom is 0.258 e. The zero-order valence-corrected chi connectivity index (χ0v) is 17.1. The largest absolute Gasteiger partial charge is 0.484 e. The first kappa shape index (κ1) is 21.1. The Morgan fingerprint density at radius 1 is 1.03 bits per heavy atom. The molecular weight excluding hydrogens is 370 g/mol. The molecule has 2 aliphatic heterocycles. The summed E-state index contributed by atoms with van der Waals surface area (Å²) in [6, 6.07) is 9.08. The summed E-state index contributed by atoms with van der Waals surface area (Å²) in [7, 11) is 0. The smallest absolute Gasteiger partial charge is 0.258 e. The first-order valence-corrected chi connectivity index (χ1v) is 10.5. The predicted octanol–water partition coefficient (Wildman–Crippen LogP) is 1.68. The summed E-state index contributed by atoms with van der Waals surface area (Å²) in [6.07, 6.45) is 3.66. The monoisotopic (exact) mass is 401 g/mol. The van der Waals surface area contributed by atoms with Gasteiger partial charge in [0.15, 0.2) is 6.61 Å². The van der Waals surface area contributed by atoms with E-state index in [9.17, 15) is 14.4 Å². The number of carbonyl (C=O) groups is 3. The normalized spacial score (nSPS) is 20.2. The van der Waals surface area contributed by atoms with Crippen molar-refractivity contribution in [3.8, 4) is 5.75 Å². The number of benzene rings is 1. The fourth-order valence-corrected chi connectivity index (χ4v) is 4.03. The van der Waals surface area contributed by atoms with Gasteiger partial charge in [0, 0.05) is 32.1 Å². The van der Waals surface area contributed by atoms with Gasteiger partial charge in [-0.25, -0.2) is 0 Å². The van der Waals surface area contributed by atoms with E-state index in [1.165, 1.54) is 6.42 Å². The number of amides is 3. The lowest BCUT2D eigenvalue weighted by atomic mass is 9.92. The van der Waals surface area contributed by atoms with Crippen LogP contribution >= 0.6 is 0 Å². The molecule has 2 fully saturated rings. The Balaban J connectivity index is 1.35. The van der Waals surface area contributed by atoms with Crippen molar-refractivity contribution >= 4 is 17.7 Å². The molecule has 29 heavy (non-hydrogen) atoms. The van der Waals surface area contributed by atoms with E-state index in [1.807, 2.05) is 23.1 Å². The van der Waals surface area contributed by atoms with Gasteiger partial charge in [0.05, 0.1) is 6.54 Å². The highest BCUT2D eigenvalue weighted by Crippen LogP contribution is 2.23. The summed E-state index contributed by atoms with van der Waals surface area (Å²) in [5.41, 5.74) is 0. The lowest BCUT2D eigenvalue weighted by molar-refractivity contribution is -0.142. The summed E-state index contributed by atoms with van der Waals surface area (Å²) in [5, 5.41) is 2.61. The van der Waals surface area contributed by atoms with Crippen LogP contribution in [-0.2, 0) is 14.4 Å². The third kappa shape index (κ3) is 6.21. The van der Waals surface area contributed by atoms with Gasteiger partial charge in [-0.3, -0.25) is 14.4 Å². The summed E-state index contributed by atoms with van der Waals surface area (Å²) in [4.78, 5) is 40.7. The van der Waals surface area contributed by atoms with Crippen molar-refractivity contribution in [1.29, 1.82) is 0 Å². The highest BCUT2D eigenvalue weighted by Gasteiger charge is 2.31. The zero-order chi connectivity index (χ0) is 20.6. The standard InChI is InChI=1S/C22H31N3O4/c1-17-6-5-11-25(15-17)22(28)18-9-12-24(13-10-18)21(27)14-23-20(26)16-29-19-7-3-2-4-8-19/h2-4,7-8,17-18H,5-6,9-16H2,1H3,(H,23,26). The molecule has 7 nitrogen and oxygen atoms in total. The van der Waals surface area contributed by atoms with E-state index in [0.29, 0.717) is 37.6 Å². The summed E-state index contributed by atoms with van der Waals surface area (Å²) in [5.74, 6) is 1.00. The van der Waals surface area contributed by atoms with E-state index in [-0.39, 0.29) is 36.8 Å². The Morgan fingerprint density at radius 3 is 2.45 bits per heavy atom. The van der Waals surface area contributed by atoms with Crippen LogP contribution in [0.25, 0.3) is 0 Å². The van der Waals surface area contributed by atoms with Crippen molar-refractivity contribution in [2.45, 2.75) is 32.6 Å². The average Bonchev–Trinajstić information content (AvgIpc) is 2.76. The summed E-state index contributed by atoms with van der Waals surface area (Å²) >= 11 is 0. The highest BCUT2D eigenvalue weighted by atomic mass is 16.5. The topological polar surface area (TPSA) is 79.0 Å². The molecule has 0 saturated carbocycles. The summed E-state index contributed by atoms with van der Waals surface area (Å²) in [6.45, 7) is 4.87. The first-order chi connectivity index (χ1) is 14.0. The predicted molar refractivity (Wildman–Crippen MR) is 109 cm³/mol. The molecule has 0 bridgehead atoms. The van der Waals surface area contributed by atoms with Crippen LogP contribution in [0, 0.1) is 11.8 Å². The van der Waals surface area contributed by atoms with Gasteiger partial charge >= 0.3 is 0 Å². The SMILES string of the molecule is CC1CCCN(C(=O)C2CCN(C(=O)CNC(=O)COc3ccccc3)CC2)C1. The van der Waals surface area contributed by atoms with E-state index in [0.717, 1.165) is 19.5 Å². The molecule has 1 atom stereocenters. The van der Waals surface area contributed by atoms with Gasteiger partial charge in [0.1, 0.15) is 5.75 Å². The second-order valence-electron chi connectivity index (χ2n) is 8.07. The fourth-order valence-electron chi connectivity index (χ4n) is 4.03. The van der Waals surface area contributed by atoms with Crippen LogP contribution in [0.2, 0.25) is 0 Å². The molecule has 158 valence electrons. The van der Waals surface area contributed by atoms with Gasteiger partial charge in [-0.1, -0.05) is 25.1 Å². The quantitative estimate of drug-likeness (QED) is 0.787. The number of para-hydroxylation sites is 1. The van der Waals surface area contributed by atoms with Crippen LogP contribution in [-0.4, -0.2) is 66.9 Å². The van der Waals surface area contributed by atoms with Crippen molar-refractivity contribution in [1.82, 2.24) is 15.1 Å². The number of hydrogen-bond acceptors (Lipinski definition) is 4. The van der Waals surface area contributed by atoms with Crippen LogP contribution < -0.4 is 10.1 Å². The number of rotatable bonds is 6. The third-order valence-corrected chi connectivity index (χ3v) is 5.72. The maximum absolute atomic E-state index is 12.7. The molecule has 1 unspecified atom stereocenters. The van der Waals surface area contributed by atoms with Crippen LogP contribution in [0.3, 0.4) is 0 Å². The van der Waals surface area contributed by atoms with Gasteiger partial charge in [-0.2, -0.15) is 0 Å². The van der Waals surface area contributed by atoms with Crippen molar-refractivity contribution in [2.75, 3.05) is 39.3 Å². The van der Waals surface area contributed by atoms with Gasteiger partial charge in [0.2, 0.25) is 11.8 Å². The molecule has 3 rings (SSSR count). The molecule has 3 amide bonds. The Bertz CT molecular complexity index is 701. The Morgan fingerprint density at radius 2 is 1.76 bits per heavy atom. The minimum Gasteiger partial charge on any atom is -0.484 e. The molecule has 2 aliphatic rings. The molecule has 2 heterocycles. The second-order valence-corrected chi connectivity index (χ2v) is 8.07. The molecule has 0 aliphatic carbocycles. The average molecular weight is 402 g/mol. The molecule has 2 saturated heterocycles. The number of nitrogens with zero attached hydrogens (tertiary/aromatic N) is 2. The lowest BCUT2D eigenvalue weighted by Gasteiger charge is -2.37. The molecule has 0 aromatic heterocycles. The minimum absolute atomic E-state index is 0.0122. The molecule has 0 radical (unpaired) electrons. The van der Waals surface area contributed by atoms with Crippen LogP contribution in [0.4, 0.5) is 0 Å². The number of nitrogens with one attached hydrogen (secondary N) is 1. The molecule has 0 spiro atoms. The Labute approximate surface area is 172 Å². The van der Waals surface area contributed by atoms with Crippen LogP contribution in [0.1, 0.15) is 32.6 Å². The Kier molecular flexibility index (Phi) is 7.49. The maximum atomic E-state index is 12.7. The van der Waals surface area contributed by atoms with Gasteiger partial charge < -0.3 is 19.9 Å². The number of piperidine rings is 2. The van der Waals surface area contributed by atoms with Crippen molar-refractivity contribution in [2.24, 2.45) is 11.8 Å². The van der Waals surface area contributed by atoms with E-state index in [2.05, 4.69) is 12.2 Å². The van der Waals surface area contributed by atoms with Crippen molar-refractivity contribution in [3.05, 3.63) is 30.3 Å². The summed E-state index contributed by atoms with van der Waals surface area (Å²) < 4.78 is 5.37. The highest BCUT2D eigenvalue weighted by molar-refractivity contribution is 5.85. The van der Waals surface area contributed by atoms with Gasteiger partial charge in [-0.15, -0.1) is 0 Å². The number of ether oxygens (including phenoxy) is 1. The minimum atomic E-state index is -0.327. The van der Waals surface area contributed by atoms with E-state index >= 15 is 0 Å². The Hall–Kier alpha value is -2.57. The molecule has 1 N–H and O–H groups in total. The number of hydrogen-bond donors (Lipinski definition) is 1. The lowest BCUT2D eigenvalue weighted by Crippen LogP contribution is -2.48. The van der Waals surface area contributed by atoms with Crippen molar-refractivity contribution < 1.29 is 19.1 Å². The van der Waals surface area contributed by atoms with Crippen LogP contribution in [0.5, 0.6) is 5.75 Å². The van der Waals surface area contributed by atoms with E-state index < -0.39 is 0 Å². The first-order valence-electron chi connectivity index (χ1n) is 10.5. The van der Waals surface area contributed by atoms with E-state index in [4.69, 9.17) is 4.74 Å². The second kappa shape index (κ2) is 10.3. The molecule has 7 heteroatoms. The molecule has 1 aromatic rings. The van der Waals surface area contributed by atoms with Crippen LogP contribution in [0.15, 0.2) is 30.3 Å². The zero-order valence-electron chi connectivity index (χ0n) is 17.1. The molecular formula is C22H31N3O4. The van der Waals surface area contributed by atoms with Gasteiger partial charge in [-0.05, 0) is 43.7 Å². The van der Waals surface area contributed by atoms with Gasteiger partial charge in [0.25, 0.3) is 5.91 Å². The molecule has 1 aromatic carbocycles. The third-order valence-electron chi connectivity index (χ3n) is 5.72. The van der Waals surface area contributed by atoms with Crippen molar-refractivity contribution in [3.63, 3.8) is 0 Å². The van der Waals surface area contributed by atoms with E-state index in [1.54, 1.807) is 17.0 Å². The number of likely N-dealkylation sites (tertiary alicyclic amines) is 2. The fraction of sp³-hybridized carbons (Fsp3) is 0.591. The number of carbonyl (C=O) groups excluding carboxylic acids is 3.